The van der Waals surface area contributed by atoms with Gasteiger partial charge in [-0.2, -0.15) is 0 Å². The molecule has 0 atom stereocenters. The highest BCUT2D eigenvalue weighted by atomic mass is 16.3. The van der Waals surface area contributed by atoms with Gasteiger partial charge >= 0.3 is 6.85 Å². The zero-order chi connectivity index (χ0) is 20.1. The summed E-state index contributed by atoms with van der Waals surface area (Å²) in [5.74, 6) is 3.32. The topological polar surface area (TPSA) is 33.2 Å². The van der Waals surface area contributed by atoms with Crippen LogP contribution >= 0.6 is 0 Å². The van der Waals surface area contributed by atoms with Gasteiger partial charge in [0, 0.05) is 17.3 Å². The van der Waals surface area contributed by atoms with Crippen LogP contribution < -0.4 is 20.0 Å². The molecule has 4 heterocycles. The number of aryl methyl sites for hydroxylation is 3. The Kier molecular flexibility index (Phi) is 4.05. The van der Waals surface area contributed by atoms with Crippen LogP contribution in [0.2, 0.25) is 6.82 Å². The van der Waals surface area contributed by atoms with Crippen molar-refractivity contribution in [3.8, 4) is 11.1 Å². The first kappa shape index (κ1) is 17.7. The summed E-state index contributed by atoms with van der Waals surface area (Å²) in [5, 5.41) is 2.15. The Labute approximate surface area is 170 Å². The molecule has 1 aliphatic heterocycles. The summed E-state index contributed by atoms with van der Waals surface area (Å²) in [6.07, 6.45) is 4.41. The lowest BCUT2D eigenvalue weighted by Crippen LogP contribution is -2.47. The van der Waals surface area contributed by atoms with Gasteiger partial charge in [-0.15, -0.1) is 0 Å². The zero-order valence-corrected chi connectivity index (χ0v) is 17.2. The van der Waals surface area contributed by atoms with E-state index in [1.54, 1.807) is 0 Å². The summed E-state index contributed by atoms with van der Waals surface area (Å²) >= 11 is 0. The van der Waals surface area contributed by atoms with Gasteiger partial charge in [-0.05, 0) is 49.9 Å². The van der Waals surface area contributed by atoms with Crippen molar-refractivity contribution in [2.24, 2.45) is 7.05 Å². The second-order valence-electron chi connectivity index (χ2n) is 7.83. The highest BCUT2D eigenvalue weighted by Gasteiger charge is 2.30. The molecule has 0 N–H and O–H groups in total. The molecular weight excluding hydrogens is 357 g/mol. The summed E-state index contributed by atoms with van der Waals surface area (Å²) in [5.41, 5.74) is 6.31. The van der Waals surface area contributed by atoms with Gasteiger partial charge in [-0.1, -0.05) is 30.3 Å². The lowest BCUT2D eigenvalue weighted by atomic mass is 9.62. The number of rotatable bonds is 2. The molecule has 0 radical (unpaired) electrons. The number of nitrogens with zero attached hydrogens (tertiary/aromatic N) is 3. The fourth-order valence-electron chi connectivity index (χ4n) is 4.11. The predicted octanol–water partition coefficient (Wildman–Crippen LogP) is 3.14. The Morgan fingerprint density at radius 2 is 1.86 bits per heavy atom. The van der Waals surface area contributed by atoms with E-state index in [1.165, 1.54) is 16.7 Å². The van der Waals surface area contributed by atoms with Crippen molar-refractivity contribution in [1.82, 2.24) is 4.98 Å². The Bertz CT molecular complexity index is 1360. The average Bonchev–Trinajstić information content (AvgIpc) is 3.05. The number of benzene rings is 1. The molecule has 29 heavy (non-hydrogen) atoms. The van der Waals surface area contributed by atoms with Crippen molar-refractivity contribution in [2.75, 3.05) is 4.81 Å². The lowest BCUT2D eigenvalue weighted by Gasteiger charge is -2.20. The van der Waals surface area contributed by atoms with Crippen molar-refractivity contribution in [3.63, 3.8) is 0 Å². The quantitative estimate of drug-likeness (QED) is 0.396. The van der Waals surface area contributed by atoms with E-state index in [4.69, 9.17) is 4.42 Å². The molecule has 142 valence electrons. The van der Waals surface area contributed by atoms with Crippen LogP contribution in [0, 0.1) is 13.8 Å². The standard InChI is InChI=1S/C24H23BN3O/c1-16-12-23(27(4)14-20(16)18-8-6-5-7-9-18)28-15-21-19-11-10-17(2)26-24(19)29-22(21)13-25(28)3/h5-15H,1-4H3/q+1. The minimum Gasteiger partial charge on any atom is -0.439 e. The predicted molar refractivity (Wildman–Crippen MR) is 119 cm³/mol. The third kappa shape index (κ3) is 2.94. The molecule has 1 aromatic carbocycles. The summed E-state index contributed by atoms with van der Waals surface area (Å²) in [4.78, 5) is 6.85. The SMILES string of the molecule is CB1C=c2oc3nc(C)ccc3c2=CN1c1cc(C)c(-c2ccccc2)c[n+]1C. The Morgan fingerprint density at radius 1 is 1.07 bits per heavy atom. The Morgan fingerprint density at radius 3 is 2.66 bits per heavy atom. The second-order valence-corrected chi connectivity index (χ2v) is 7.83. The number of fused-ring (bicyclic) bond motifs is 3. The van der Waals surface area contributed by atoms with Crippen LogP contribution in [0.4, 0.5) is 5.82 Å². The van der Waals surface area contributed by atoms with E-state index in [0.29, 0.717) is 5.71 Å². The van der Waals surface area contributed by atoms with Crippen LogP contribution in [0.1, 0.15) is 11.3 Å². The molecule has 0 bridgehead atoms. The molecule has 0 saturated carbocycles. The van der Waals surface area contributed by atoms with E-state index in [9.17, 15) is 0 Å². The largest absolute Gasteiger partial charge is 0.439 e. The average molecular weight is 380 g/mol. The molecule has 5 rings (SSSR count). The summed E-state index contributed by atoms with van der Waals surface area (Å²) in [7, 11) is 2.11. The first-order chi connectivity index (χ1) is 14.0. The van der Waals surface area contributed by atoms with Crippen molar-refractivity contribution >= 4 is 35.9 Å². The van der Waals surface area contributed by atoms with Gasteiger partial charge in [0.15, 0.2) is 0 Å². The van der Waals surface area contributed by atoms with E-state index in [2.05, 4.69) is 96.0 Å². The molecule has 4 nitrogen and oxygen atoms in total. The third-order valence-corrected chi connectivity index (χ3v) is 5.67. The van der Waals surface area contributed by atoms with Crippen LogP contribution in [-0.2, 0) is 7.05 Å². The maximum atomic E-state index is 6.03. The van der Waals surface area contributed by atoms with Crippen LogP contribution in [0.3, 0.4) is 0 Å². The molecule has 5 heteroatoms. The summed E-state index contributed by atoms with van der Waals surface area (Å²) < 4.78 is 8.23. The number of anilines is 1. The van der Waals surface area contributed by atoms with Crippen LogP contribution in [0.25, 0.3) is 34.4 Å². The van der Waals surface area contributed by atoms with Gasteiger partial charge < -0.3 is 4.42 Å². The molecule has 3 aromatic heterocycles. The van der Waals surface area contributed by atoms with E-state index in [-0.39, 0.29) is 6.85 Å². The Balaban J connectivity index is 1.66. The van der Waals surface area contributed by atoms with Crippen LogP contribution in [0.5, 0.6) is 0 Å². The third-order valence-electron chi connectivity index (χ3n) is 5.67. The van der Waals surface area contributed by atoms with Crippen molar-refractivity contribution < 1.29 is 8.98 Å². The highest BCUT2D eigenvalue weighted by molar-refractivity contribution is 6.76. The fraction of sp³-hybridized carbons (Fsp3) is 0.167. The first-order valence-electron chi connectivity index (χ1n) is 9.95. The van der Waals surface area contributed by atoms with E-state index >= 15 is 0 Å². The number of furan rings is 1. The highest BCUT2D eigenvalue weighted by Crippen LogP contribution is 2.25. The lowest BCUT2D eigenvalue weighted by molar-refractivity contribution is -0.657. The molecule has 0 amide bonds. The van der Waals surface area contributed by atoms with Gasteiger partial charge in [0.25, 0.3) is 5.82 Å². The summed E-state index contributed by atoms with van der Waals surface area (Å²) in [6, 6.07) is 16.9. The fourth-order valence-corrected chi connectivity index (χ4v) is 4.11. The molecule has 0 unspecified atom stereocenters. The van der Waals surface area contributed by atoms with E-state index in [1.807, 2.05) is 13.0 Å². The molecule has 0 spiro atoms. The van der Waals surface area contributed by atoms with Crippen LogP contribution in [0.15, 0.2) is 59.1 Å². The molecule has 0 aliphatic carbocycles. The van der Waals surface area contributed by atoms with Gasteiger partial charge in [-0.25, -0.2) is 9.55 Å². The molecule has 0 saturated heterocycles. The normalized spacial score (nSPS) is 13.2. The zero-order valence-electron chi connectivity index (χ0n) is 17.2. The second kappa shape index (κ2) is 6.62. The number of hydrogen-bond donors (Lipinski definition) is 0. The number of pyridine rings is 2. The van der Waals surface area contributed by atoms with Gasteiger partial charge in [-0.3, -0.25) is 4.81 Å². The van der Waals surface area contributed by atoms with Gasteiger partial charge in [0.2, 0.25) is 5.71 Å². The number of hydrogen-bond acceptors (Lipinski definition) is 3. The molecule has 4 aromatic rings. The van der Waals surface area contributed by atoms with Crippen molar-refractivity contribution in [2.45, 2.75) is 20.7 Å². The Hall–Kier alpha value is -3.34. The van der Waals surface area contributed by atoms with Crippen molar-refractivity contribution in [1.29, 1.82) is 0 Å². The minimum atomic E-state index is 0.178. The monoisotopic (exact) mass is 380 g/mol. The van der Waals surface area contributed by atoms with Gasteiger partial charge in [0.1, 0.15) is 5.42 Å². The number of aromatic nitrogens is 2. The molecule has 1 aliphatic rings. The molecular formula is C24H23BN3O+. The van der Waals surface area contributed by atoms with Crippen molar-refractivity contribution in [3.05, 3.63) is 76.6 Å². The maximum absolute atomic E-state index is 6.03. The first-order valence-corrected chi connectivity index (χ1v) is 9.95. The minimum absolute atomic E-state index is 0.178. The molecule has 0 fully saturated rings. The summed E-state index contributed by atoms with van der Waals surface area (Å²) in [6.45, 7) is 6.53. The van der Waals surface area contributed by atoms with Gasteiger partial charge in [0.05, 0.1) is 30.0 Å². The van der Waals surface area contributed by atoms with E-state index < -0.39 is 0 Å². The van der Waals surface area contributed by atoms with Crippen LogP contribution in [-0.4, -0.2) is 11.8 Å². The maximum Gasteiger partial charge on any atom is 0.405 e. The van der Waals surface area contributed by atoms with E-state index in [0.717, 1.165) is 27.5 Å². The smallest absolute Gasteiger partial charge is 0.405 e.